The summed E-state index contributed by atoms with van der Waals surface area (Å²) in [6, 6.07) is 9.49. The Labute approximate surface area is 163 Å². The van der Waals surface area contributed by atoms with Gasteiger partial charge in [0.15, 0.2) is 5.82 Å². The van der Waals surface area contributed by atoms with Gasteiger partial charge in [0, 0.05) is 54.3 Å². The van der Waals surface area contributed by atoms with E-state index in [0.717, 1.165) is 43.1 Å². The van der Waals surface area contributed by atoms with Gasteiger partial charge in [0.2, 0.25) is 0 Å². The lowest BCUT2D eigenvalue weighted by Crippen LogP contribution is -2.34. The number of H-pyrrole nitrogens is 1. The first-order chi connectivity index (χ1) is 13.5. The molecule has 5 rings (SSSR count). The Balaban J connectivity index is 1.39. The van der Waals surface area contributed by atoms with Crippen molar-refractivity contribution in [3.63, 3.8) is 0 Å². The number of hydrogen-bond donors (Lipinski definition) is 3. The molecule has 2 saturated heterocycles. The number of aromatic nitrogens is 4. The summed E-state index contributed by atoms with van der Waals surface area (Å²) in [6.07, 6.45) is 3.52. The van der Waals surface area contributed by atoms with Gasteiger partial charge in [-0.3, -0.25) is 5.10 Å². The van der Waals surface area contributed by atoms with E-state index in [1.54, 1.807) is 18.5 Å². The summed E-state index contributed by atoms with van der Waals surface area (Å²) in [5.41, 5.74) is 3.69. The first-order valence-corrected chi connectivity index (χ1v) is 9.59. The summed E-state index contributed by atoms with van der Waals surface area (Å²) < 4.78 is 0. The number of benzene rings is 1. The third kappa shape index (κ3) is 2.57. The fraction of sp³-hybridized carbons (Fsp3) is 0.381. The molecule has 144 valence electrons. The minimum absolute atomic E-state index is 0.183. The topological polar surface area (TPSA) is 90.0 Å². The molecule has 0 aliphatic carbocycles. The summed E-state index contributed by atoms with van der Waals surface area (Å²) in [6.45, 7) is 8.76. The molecule has 0 radical (unpaired) electrons. The molecule has 0 spiro atoms. The molecule has 2 fully saturated rings. The lowest BCUT2D eigenvalue weighted by Gasteiger charge is -2.30. The zero-order valence-corrected chi connectivity index (χ0v) is 16.1. The van der Waals surface area contributed by atoms with Gasteiger partial charge in [-0.15, -0.1) is 10.2 Å². The number of aromatic amines is 1. The van der Waals surface area contributed by atoms with Gasteiger partial charge in [0.25, 0.3) is 0 Å². The number of aromatic hydroxyl groups is 1. The van der Waals surface area contributed by atoms with E-state index in [-0.39, 0.29) is 16.6 Å². The molecule has 7 heteroatoms. The molecule has 2 aliphatic rings. The minimum atomic E-state index is 0.183. The zero-order valence-electron chi connectivity index (χ0n) is 16.1. The van der Waals surface area contributed by atoms with Gasteiger partial charge in [0.1, 0.15) is 5.75 Å². The molecule has 0 bridgehead atoms. The number of nitrogens with one attached hydrogen (secondary N) is 2. The third-order valence-electron chi connectivity index (χ3n) is 6.65. The number of phenolic OH excluding ortho intramolecular Hbond substituents is 1. The summed E-state index contributed by atoms with van der Waals surface area (Å²) in [5, 5.41) is 29.6. The average Bonchev–Trinajstić information content (AvgIpc) is 3.36. The van der Waals surface area contributed by atoms with Crippen LogP contribution in [-0.2, 0) is 0 Å². The Morgan fingerprint density at radius 2 is 1.79 bits per heavy atom. The predicted molar refractivity (Wildman–Crippen MR) is 108 cm³/mol. The van der Waals surface area contributed by atoms with Gasteiger partial charge < -0.3 is 15.3 Å². The maximum atomic E-state index is 10.5. The number of hydrogen-bond acceptors (Lipinski definition) is 6. The second-order valence-corrected chi connectivity index (χ2v) is 8.58. The lowest BCUT2D eigenvalue weighted by atomic mass is 9.71. The van der Waals surface area contributed by atoms with Crippen LogP contribution in [0.1, 0.15) is 13.8 Å². The molecular weight excluding hydrogens is 352 g/mol. The number of anilines is 1. The van der Waals surface area contributed by atoms with Gasteiger partial charge in [-0.2, -0.15) is 5.10 Å². The monoisotopic (exact) mass is 376 g/mol. The fourth-order valence-corrected chi connectivity index (χ4v) is 4.57. The molecule has 2 atom stereocenters. The van der Waals surface area contributed by atoms with Crippen LogP contribution in [0.3, 0.4) is 0 Å². The molecule has 4 heterocycles. The molecule has 0 amide bonds. The normalized spacial score (nSPS) is 26.6. The molecule has 1 aromatic carbocycles. The summed E-state index contributed by atoms with van der Waals surface area (Å²) >= 11 is 0. The van der Waals surface area contributed by atoms with E-state index in [1.165, 1.54) is 0 Å². The highest BCUT2D eigenvalue weighted by Gasteiger charge is 2.55. The van der Waals surface area contributed by atoms with Crippen molar-refractivity contribution in [3.05, 3.63) is 42.7 Å². The van der Waals surface area contributed by atoms with E-state index in [9.17, 15) is 5.11 Å². The average molecular weight is 376 g/mol. The molecule has 0 unspecified atom stereocenters. The van der Waals surface area contributed by atoms with Crippen LogP contribution >= 0.6 is 0 Å². The van der Waals surface area contributed by atoms with Crippen molar-refractivity contribution in [2.75, 3.05) is 31.1 Å². The molecule has 3 aromatic rings. The predicted octanol–water partition coefficient (Wildman–Crippen LogP) is 2.68. The quantitative estimate of drug-likeness (QED) is 0.651. The van der Waals surface area contributed by atoms with E-state index in [2.05, 4.69) is 44.5 Å². The highest BCUT2D eigenvalue weighted by molar-refractivity contribution is 5.73. The Bertz CT molecular complexity index is 984. The standard InChI is InChI=1S/C21H24N6O/c1-20-10-22-11-21(20,2)13-27(12-20)19-6-5-17(25-26-19)16-4-3-14(7-18(16)28)15-8-23-24-9-15/h3-9,22,28H,10-13H2,1-2H3,(H,23,24)/t20-,21+. The van der Waals surface area contributed by atoms with E-state index in [0.29, 0.717) is 11.3 Å². The number of rotatable bonds is 3. The lowest BCUT2D eigenvalue weighted by molar-refractivity contribution is 0.212. The van der Waals surface area contributed by atoms with Crippen LogP contribution in [0.15, 0.2) is 42.7 Å². The van der Waals surface area contributed by atoms with Gasteiger partial charge in [-0.25, -0.2) is 0 Å². The molecule has 2 aromatic heterocycles. The Hall–Kier alpha value is -2.93. The smallest absolute Gasteiger partial charge is 0.151 e. The number of phenols is 1. The van der Waals surface area contributed by atoms with Crippen molar-refractivity contribution in [2.45, 2.75) is 13.8 Å². The first-order valence-electron chi connectivity index (χ1n) is 9.59. The third-order valence-corrected chi connectivity index (χ3v) is 6.65. The molecule has 2 aliphatic heterocycles. The molecule has 3 N–H and O–H groups in total. The maximum absolute atomic E-state index is 10.5. The van der Waals surface area contributed by atoms with Crippen LogP contribution in [0.5, 0.6) is 5.75 Å². The van der Waals surface area contributed by atoms with Crippen molar-refractivity contribution in [1.29, 1.82) is 0 Å². The van der Waals surface area contributed by atoms with Crippen LogP contribution in [0.4, 0.5) is 5.82 Å². The Kier molecular flexibility index (Phi) is 3.71. The van der Waals surface area contributed by atoms with Crippen molar-refractivity contribution in [1.82, 2.24) is 25.7 Å². The van der Waals surface area contributed by atoms with Gasteiger partial charge in [0.05, 0.1) is 11.9 Å². The van der Waals surface area contributed by atoms with Crippen LogP contribution in [0.25, 0.3) is 22.4 Å². The highest BCUT2D eigenvalue weighted by atomic mass is 16.3. The molecule has 0 saturated carbocycles. The fourth-order valence-electron chi connectivity index (χ4n) is 4.57. The first kappa shape index (κ1) is 17.2. The zero-order chi connectivity index (χ0) is 19.4. The van der Waals surface area contributed by atoms with E-state index in [1.807, 2.05) is 24.3 Å². The summed E-state index contributed by atoms with van der Waals surface area (Å²) in [4.78, 5) is 2.33. The van der Waals surface area contributed by atoms with Crippen LogP contribution in [0.2, 0.25) is 0 Å². The molecule has 7 nitrogen and oxygen atoms in total. The van der Waals surface area contributed by atoms with Gasteiger partial charge in [-0.05, 0) is 29.8 Å². The Morgan fingerprint density at radius 1 is 1.00 bits per heavy atom. The van der Waals surface area contributed by atoms with Crippen molar-refractivity contribution in [3.8, 4) is 28.1 Å². The maximum Gasteiger partial charge on any atom is 0.151 e. The van der Waals surface area contributed by atoms with Crippen LogP contribution in [-0.4, -0.2) is 51.7 Å². The van der Waals surface area contributed by atoms with Gasteiger partial charge >= 0.3 is 0 Å². The summed E-state index contributed by atoms with van der Waals surface area (Å²) in [5.74, 6) is 1.08. The minimum Gasteiger partial charge on any atom is -0.507 e. The van der Waals surface area contributed by atoms with E-state index in [4.69, 9.17) is 0 Å². The van der Waals surface area contributed by atoms with Crippen molar-refractivity contribution >= 4 is 5.82 Å². The van der Waals surface area contributed by atoms with Crippen molar-refractivity contribution in [2.24, 2.45) is 10.8 Å². The number of fused-ring (bicyclic) bond motifs is 1. The largest absolute Gasteiger partial charge is 0.507 e. The molecule has 28 heavy (non-hydrogen) atoms. The highest BCUT2D eigenvalue weighted by Crippen LogP contribution is 2.49. The van der Waals surface area contributed by atoms with Gasteiger partial charge in [-0.1, -0.05) is 19.9 Å². The number of nitrogens with zero attached hydrogens (tertiary/aromatic N) is 4. The SMILES string of the molecule is C[C@@]12CNC[C@]1(C)CN(c1ccc(-c3ccc(-c4cn[nH]c4)cc3O)nn1)C2. The Morgan fingerprint density at radius 3 is 2.39 bits per heavy atom. The van der Waals surface area contributed by atoms with E-state index < -0.39 is 0 Å². The second kappa shape index (κ2) is 6.04. The van der Waals surface area contributed by atoms with Crippen LogP contribution in [0, 0.1) is 10.8 Å². The van der Waals surface area contributed by atoms with Crippen molar-refractivity contribution < 1.29 is 5.11 Å². The van der Waals surface area contributed by atoms with Crippen LogP contribution < -0.4 is 10.2 Å². The second-order valence-electron chi connectivity index (χ2n) is 8.58. The molecular formula is C21H24N6O. The summed E-state index contributed by atoms with van der Waals surface area (Å²) in [7, 11) is 0. The van der Waals surface area contributed by atoms with E-state index >= 15 is 0 Å².